The molecule has 0 unspecified atom stereocenters. The van der Waals surface area contributed by atoms with Gasteiger partial charge in [-0.2, -0.15) is 4.99 Å². The lowest BCUT2D eigenvalue weighted by molar-refractivity contribution is -0.00000494. The maximum Gasteiger partial charge on any atom is 0.220 e. The van der Waals surface area contributed by atoms with Crippen molar-refractivity contribution in [2.24, 2.45) is 21.5 Å². The third-order valence-electron chi connectivity index (χ3n) is 4.14. The summed E-state index contributed by atoms with van der Waals surface area (Å²) in [5.74, 6) is 0.746. The van der Waals surface area contributed by atoms with Crippen molar-refractivity contribution in [3.8, 4) is 0 Å². The predicted octanol–water partition coefficient (Wildman–Crippen LogP) is -0.891. The van der Waals surface area contributed by atoms with Crippen molar-refractivity contribution in [3.63, 3.8) is 0 Å². The van der Waals surface area contributed by atoms with Gasteiger partial charge in [0.1, 0.15) is 5.66 Å². The van der Waals surface area contributed by atoms with E-state index in [0.717, 1.165) is 31.4 Å². The van der Waals surface area contributed by atoms with E-state index >= 15 is 0 Å². The Morgan fingerprint density at radius 2 is 1.67 bits per heavy atom. The Kier molecular flexibility index (Phi) is 4.42. The van der Waals surface area contributed by atoms with E-state index in [4.69, 9.17) is 11.5 Å². The van der Waals surface area contributed by atoms with Crippen molar-refractivity contribution < 1.29 is 12.4 Å². The number of hydrogen-bond donors (Lipinski definition) is 2. The van der Waals surface area contributed by atoms with E-state index in [1.165, 1.54) is 12.0 Å². The second kappa shape index (κ2) is 5.93. The van der Waals surface area contributed by atoms with Gasteiger partial charge < -0.3 is 23.9 Å². The summed E-state index contributed by atoms with van der Waals surface area (Å²) >= 11 is 0. The molecule has 6 heteroatoms. The zero-order valence-corrected chi connectivity index (χ0v) is 13.0. The highest BCUT2D eigenvalue weighted by atomic mass is 35.5. The van der Waals surface area contributed by atoms with E-state index in [1.807, 2.05) is 0 Å². The first-order valence-corrected chi connectivity index (χ1v) is 7.17. The Hall–Kier alpha value is -1.75. The van der Waals surface area contributed by atoms with Crippen LogP contribution in [0.5, 0.6) is 0 Å². The summed E-state index contributed by atoms with van der Waals surface area (Å²) in [5, 5.41) is 0. The molecule has 3 rings (SSSR count). The van der Waals surface area contributed by atoms with Gasteiger partial charge in [-0.15, -0.1) is 0 Å². The van der Waals surface area contributed by atoms with Crippen LogP contribution in [0.15, 0.2) is 34.3 Å². The lowest BCUT2D eigenvalue weighted by Crippen LogP contribution is -3.00. The van der Waals surface area contributed by atoms with Crippen LogP contribution < -0.4 is 28.8 Å². The summed E-state index contributed by atoms with van der Waals surface area (Å²) < 4.78 is 0. The van der Waals surface area contributed by atoms with Crippen LogP contribution in [0, 0.1) is 6.92 Å². The van der Waals surface area contributed by atoms with E-state index in [0.29, 0.717) is 11.9 Å². The topological polar surface area (TPSA) is 80.0 Å². The average molecular weight is 307 g/mol. The average Bonchev–Trinajstić information content (AvgIpc) is 2.41. The molecular formula is C15H21ClN5-. The van der Waals surface area contributed by atoms with Crippen molar-refractivity contribution >= 4 is 17.6 Å². The third-order valence-corrected chi connectivity index (χ3v) is 4.14. The number of benzene rings is 1. The molecule has 0 radical (unpaired) electrons. The van der Waals surface area contributed by atoms with E-state index in [-0.39, 0.29) is 18.1 Å². The van der Waals surface area contributed by atoms with E-state index in [1.54, 1.807) is 0 Å². The minimum Gasteiger partial charge on any atom is -1.00 e. The van der Waals surface area contributed by atoms with Crippen LogP contribution in [0.25, 0.3) is 0 Å². The highest BCUT2D eigenvalue weighted by molar-refractivity contribution is 6.05. The molecule has 0 amide bonds. The molecule has 1 aromatic rings. The summed E-state index contributed by atoms with van der Waals surface area (Å²) in [6.07, 6.45) is 5.48. The third kappa shape index (κ3) is 2.83. The number of anilines is 1. The number of halogens is 1. The fourth-order valence-corrected chi connectivity index (χ4v) is 3.19. The lowest BCUT2D eigenvalue weighted by atomic mass is 9.87. The summed E-state index contributed by atoms with van der Waals surface area (Å²) in [6.45, 7) is 2.07. The fraction of sp³-hybridized carbons (Fsp3) is 0.467. The molecular weight excluding hydrogens is 286 g/mol. The van der Waals surface area contributed by atoms with Crippen LogP contribution in [0.2, 0.25) is 0 Å². The minimum atomic E-state index is -0.344. The molecule has 1 aliphatic heterocycles. The van der Waals surface area contributed by atoms with Gasteiger partial charge in [0, 0.05) is 5.69 Å². The number of nitrogens with two attached hydrogens (primary N) is 2. The van der Waals surface area contributed by atoms with Crippen molar-refractivity contribution in [3.05, 3.63) is 29.8 Å². The molecule has 1 saturated carbocycles. The first kappa shape index (κ1) is 15.6. The monoisotopic (exact) mass is 306 g/mol. The first-order chi connectivity index (χ1) is 9.61. The van der Waals surface area contributed by atoms with Crippen molar-refractivity contribution in [2.45, 2.75) is 44.7 Å². The number of aryl methyl sites for hydroxylation is 1. The Labute approximate surface area is 131 Å². The molecule has 1 aromatic carbocycles. The van der Waals surface area contributed by atoms with Gasteiger partial charge >= 0.3 is 0 Å². The largest absolute Gasteiger partial charge is 1.00 e. The van der Waals surface area contributed by atoms with Gasteiger partial charge in [0.15, 0.2) is 0 Å². The molecule has 1 heterocycles. The lowest BCUT2D eigenvalue weighted by Gasteiger charge is -2.45. The van der Waals surface area contributed by atoms with E-state index in [9.17, 15) is 0 Å². The molecule has 114 valence electrons. The molecule has 0 atom stereocenters. The Bertz CT molecular complexity index is 558. The van der Waals surface area contributed by atoms with E-state index in [2.05, 4.69) is 46.1 Å². The molecule has 1 spiro atoms. The van der Waals surface area contributed by atoms with Crippen LogP contribution in [-0.4, -0.2) is 17.6 Å². The Morgan fingerprint density at radius 3 is 2.29 bits per heavy atom. The highest BCUT2D eigenvalue weighted by Gasteiger charge is 2.42. The fourth-order valence-electron chi connectivity index (χ4n) is 3.19. The molecule has 1 fully saturated rings. The second-order valence-corrected chi connectivity index (χ2v) is 5.65. The van der Waals surface area contributed by atoms with E-state index < -0.39 is 0 Å². The highest BCUT2D eigenvalue weighted by Crippen LogP contribution is 2.39. The Balaban J connectivity index is 0.00000161. The smallest absolute Gasteiger partial charge is 0.220 e. The number of hydrogen-bond acceptors (Lipinski definition) is 5. The maximum absolute atomic E-state index is 6.16. The molecule has 4 N–H and O–H groups in total. The van der Waals surface area contributed by atoms with Crippen molar-refractivity contribution in [1.82, 2.24) is 0 Å². The molecule has 0 aromatic heterocycles. The Morgan fingerprint density at radius 1 is 1.05 bits per heavy atom. The summed E-state index contributed by atoms with van der Waals surface area (Å²) in [6, 6.07) is 8.32. The molecule has 5 nitrogen and oxygen atoms in total. The van der Waals surface area contributed by atoms with Crippen LogP contribution in [0.3, 0.4) is 0 Å². The normalized spacial score (nSPS) is 20.5. The zero-order valence-electron chi connectivity index (χ0n) is 12.2. The van der Waals surface area contributed by atoms with Crippen LogP contribution >= 0.6 is 0 Å². The number of aliphatic imine (C=N–C) groups is 2. The van der Waals surface area contributed by atoms with Gasteiger partial charge in [-0.1, -0.05) is 24.1 Å². The van der Waals surface area contributed by atoms with Gasteiger partial charge in [-0.25, -0.2) is 4.99 Å². The van der Waals surface area contributed by atoms with Crippen molar-refractivity contribution in [1.29, 1.82) is 0 Å². The molecule has 2 aliphatic rings. The summed E-state index contributed by atoms with van der Waals surface area (Å²) in [4.78, 5) is 10.9. The second-order valence-electron chi connectivity index (χ2n) is 5.65. The number of rotatable bonds is 1. The maximum atomic E-state index is 6.16. The zero-order chi connectivity index (χ0) is 14.2. The van der Waals surface area contributed by atoms with Crippen LogP contribution in [-0.2, 0) is 0 Å². The molecule has 0 saturated heterocycles. The van der Waals surface area contributed by atoms with Gasteiger partial charge in [0.2, 0.25) is 11.9 Å². The molecule has 0 bridgehead atoms. The minimum absolute atomic E-state index is 0. The molecule has 1 aliphatic carbocycles. The number of nitrogens with zero attached hydrogens (tertiary/aromatic N) is 3. The van der Waals surface area contributed by atoms with Crippen LogP contribution in [0.1, 0.15) is 37.7 Å². The molecule has 21 heavy (non-hydrogen) atoms. The summed E-state index contributed by atoms with van der Waals surface area (Å²) in [5.41, 5.74) is 13.9. The van der Waals surface area contributed by atoms with Crippen molar-refractivity contribution in [2.75, 3.05) is 4.90 Å². The standard InChI is InChI=1S/C15H21N5.ClH/c1-11-5-7-12(8-6-11)20-14(17)18-13(16)19-15(20)9-3-2-4-10-15;/h5-8H,2-4,9-10H2,1H3,(H4,16,17,18,19);1H/p-1. The van der Waals surface area contributed by atoms with Gasteiger partial charge in [-0.3, -0.25) is 4.90 Å². The van der Waals surface area contributed by atoms with Gasteiger partial charge in [-0.05, 0) is 44.7 Å². The summed E-state index contributed by atoms with van der Waals surface area (Å²) in [7, 11) is 0. The number of guanidine groups is 2. The first-order valence-electron chi connectivity index (χ1n) is 7.17. The van der Waals surface area contributed by atoms with Gasteiger partial charge in [0.25, 0.3) is 0 Å². The predicted molar refractivity (Wildman–Crippen MR) is 82.7 cm³/mol. The quantitative estimate of drug-likeness (QED) is 0.706. The van der Waals surface area contributed by atoms with Gasteiger partial charge in [0.05, 0.1) is 0 Å². The SMILES string of the molecule is Cc1ccc(N2C(N)=NC(N)=NC23CCCCC3)cc1.[Cl-]. The van der Waals surface area contributed by atoms with Crippen LogP contribution in [0.4, 0.5) is 5.69 Å².